The molecular weight excluding hydrogens is 414 g/mol. The molecule has 0 amide bonds. The first kappa shape index (κ1) is 18.9. The van der Waals surface area contributed by atoms with Crippen molar-refractivity contribution in [3.8, 4) is 28.3 Å². The summed E-state index contributed by atoms with van der Waals surface area (Å²) < 4.78 is 3.54. The summed E-state index contributed by atoms with van der Waals surface area (Å²) >= 11 is 6.29. The standard InChI is InChI=1S/C21H16ClN9/c1-12(2)31-18-4-3-13(14-7-26-21(23)27-8-14)5-17(18)29-20(31)16-6-15(22)9-25-19(16)30-11-24-10-28-30/h3-11H,1H2,2H3,(H2,23,26,27). The van der Waals surface area contributed by atoms with Gasteiger partial charge in [-0.25, -0.2) is 29.6 Å². The van der Waals surface area contributed by atoms with E-state index in [9.17, 15) is 0 Å². The van der Waals surface area contributed by atoms with E-state index in [2.05, 4.69) is 31.6 Å². The number of nitrogen functional groups attached to an aromatic ring is 1. The number of hydrogen-bond donors (Lipinski definition) is 1. The zero-order chi connectivity index (χ0) is 21.5. The highest BCUT2D eigenvalue weighted by Crippen LogP contribution is 2.33. The van der Waals surface area contributed by atoms with Gasteiger partial charge in [0.15, 0.2) is 5.82 Å². The van der Waals surface area contributed by atoms with Crippen LogP contribution in [-0.2, 0) is 0 Å². The van der Waals surface area contributed by atoms with E-state index in [0.717, 1.165) is 27.9 Å². The Bertz CT molecular complexity index is 1420. The van der Waals surface area contributed by atoms with Crippen LogP contribution in [0.4, 0.5) is 5.95 Å². The van der Waals surface area contributed by atoms with Gasteiger partial charge in [-0.15, -0.1) is 0 Å². The van der Waals surface area contributed by atoms with Crippen LogP contribution in [0.2, 0.25) is 5.02 Å². The molecule has 0 aliphatic heterocycles. The maximum Gasteiger partial charge on any atom is 0.219 e. The van der Waals surface area contributed by atoms with Gasteiger partial charge in [0, 0.05) is 29.9 Å². The Morgan fingerprint density at radius 2 is 1.87 bits per heavy atom. The summed E-state index contributed by atoms with van der Waals surface area (Å²) in [6.07, 6.45) is 7.96. The summed E-state index contributed by atoms with van der Waals surface area (Å²) in [4.78, 5) is 21.5. The quantitative estimate of drug-likeness (QED) is 0.461. The minimum atomic E-state index is 0.229. The average molecular weight is 430 g/mol. The van der Waals surface area contributed by atoms with Gasteiger partial charge in [0.2, 0.25) is 5.95 Å². The second-order valence-electron chi connectivity index (χ2n) is 6.90. The third-order valence-corrected chi connectivity index (χ3v) is 4.96. The molecule has 0 saturated carbocycles. The molecule has 0 fully saturated rings. The first-order valence-electron chi connectivity index (χ1n) is 9.28. The van der Waals surface area contributed by atoms with E-state index in [1.165, 1.54) is 6.33 Å². The lowest BCUT2D eigenvalue weighted by Crippen LogP contribution is -2.04. The van der Waals surface area contributed by atoms with Gasteiger partial charge in [0.25, 0.3) is 0 Å². The van der Waals surface area contributed by atoms with Crippen molar-refractivity contribution in [3.05, 3.63) is 67.1 Å². The van der Waals surface area contributed by atoms with Gasteiger partial charge in [0.1, 0.15) is 18.5 Å². The number of halogens is 1. The highest BCUT2D eigenvalue weighted by Gasteiger charge is 2.19. The molecule has 0 aliphatic rings. The summed E-state index contributed by atoms with van der Waals surface area (Å²) in [5.41, 5.74) is 10.5. The Morgan fingerprint density at radius 3 is 2.58 bits per heavy atom. The van der Waals surface area contributed by atoms with Crippen LogP contribution in [0, 0.1) is 0 Å². The van der Waals surface area contributed by atoms with Crippen LogP contribution in [0.1, 0.15) is 6.92 Å². The van der Waals surface area contributed by atoms with Crippen LogP contribution in [-0.4, -0.2) is 39.3 Å². The fourth-order valence-electron chi connectivity index (χ4n) is 3.41. The number of hydrogen-bond acceptors (Lipinski definition) is 7. The van der Waals surface area contributed by atoms with E-state index in [-0.39, 0.29) is 5.95 Å². The summed E-state index contributed by atoms with van der Waals surface area (Å²) in [5.74, 6) is 1.44. The van der Waals surface area contributed by atoms with E-state index in [0.29, 0.717) is 22.2 Å². The zero-order valence-electron chi connectivity index (χ0n) is 16.4. The fourth-order valence-corrected chi connectivity index (χ4v) is 3.57. The Kier molecular flexibility index (Phi) is 4.45. The Hall–Kier alpha value is -4.11. The molecule has 0 saturated heterocycles. The molecule has 4 aromatic heterocycles. The summed E-state index contributed by atoms with van der Waals surface area (Å²) in [7, 11) is 0. The first-order valence-corrected chi connectivity index (χ1v) is 9.66. The number of rotatable bonds is 4. The fraction of sp³-hybridized carbons (Fsp3) is 0.0476. The lowest BCUT2D eigenvalue weighted by molar-refractivity contribution is 0.845. The molecule has 31 heavy (non-hydrogen) atoms. The molecule has 152 valence electrons. The van der Waals surface area contributed by atoms with Crippen molar-refractivity contribution in [2.24, 2.45) is 0 Å². The maximum absolute atomic E-state index is 6.29. The smallest absolute Gasteiger partial charge is 0.219 e. The van der Waals surface area contributed by atoms with Crippen LogP contribution in [0.15, 0.2) is 62.1 Å². The van der Waals surface area contributed by atoms with E-state index in [1.807, 2.05) is 29.7 Å². The molecule has 0 spiro atoms. The molecule has 10 heteroatoms. The first-order chi connectivity index (χ1) is 15.0. The number of nitrogens with zero attached hydrogens (tertiary/aromatic N) is 8. The van der Waals surface area contributed by atoms with E-state index >= 15 is 0 Å². The van der Waals surface area contributed by atoms with Crippen LogP contribution >= 0.6 is 11.6 Å². The number of aromatic nitrogens is 8. The summed E-state index contributed by atoms with van der Waals surface area (Å²) in [5, 5.41) is 4.69. The minimum Gasteiger partial charge on any atom is -0.368 e. The van der Waals surface area contributed by atoms with Crippen molar-refractivity contribution in [2.75, 3.05) is 5.73 Å². The highest BCUT2D eigenvalue weighted by molar-refractivity contribution is 6.30. The lowest BCUT2D eigenvalue weighted by Gasteiger charge is -2.12. The normalized spacial score (nSPS) is 11.2. The lowest BCUT2D eigenvalue weighted by atomic mass is 10.1. The van der Waals surface area contributed by atoms with Crippen LogP contribution in [0.25, 0.3) is 45.1 Å². The van der Waals surface area contributed by atoms with Crippen molar-refractivity contribution >= 4 is 34.3 Å². The maximum atomic E-state index is 6.29. The number of fused-ring (bicyclic) bond motifs is 1. The molecule has 1 aromatic carbocycles. The zero-order valence-corrected chi connectivity index (χ0v) is 17.2. The van der Waals surface area contributed by atoms with Gasteiger partial charge in [-0.2, -0.15) is 5.10 Å². The van der Waals surface area contributed by atoms with Crippen LogP contribution in [0.5, 0.6) is 0 Å². The van der Waals surface area contributed by atoms with Gasteiger partial charge in [-0.3, -0.25) is 4.57 Å². The summed E-state index contributed by atoms with van der Waals surface area (Å²) in [6.45, 7) is 6.06. The van der Waals surface area contributed by atoms with Crippen molar-refractivity contribution < 1.29 is 0 Å². The molecule has 0 atom stereocenters. The SMILES string of the molecule is C=C(C)n1c(-c2cc(Cl)cnc2-n2cncn2)nc2cc(-c3cnc(N)nc3)ccc21. The number of anilines is 1. The predicted molar refractivity (Wildman–Crippen MR) is 119 cm³/mol. The Balaban J connectivity index is 1.75. The molecule has 9 nitrogen and oxygen atoms in total. The van der Waals surface area contributed by atoms with Gasteiger partial charge in [-0.05, 0) is 30.7 Å². The van der Waals surface area contributed by atoms with Crippen LogP contribution in [0.3, 0.4) is 0 Å². The molecule has 4 heterocycles. The molecule has 5 aromatic rings. The van der Waals surface area contributed by atoms with E-state index in [4.69, 9.17) is 22.3 Å². The van der Waals surface area contributed by atoms with Crippen molar-refractivity contribution in [2.45, 2.75) is 6.92 Å². The summed E-state index contributed by atoms with van der Waals surface area (Å²) in [6, 6.07) is 7.75. The predicted octanol–water partition coefficient (Wildman–Crippen LogP) is 3.86. The number of benzene rings is 1. The largest absolute Gasteiger partial charge is 0.368 e. The van der Waals surface area contributed by atoms with E-state index in [1.54, 1.807) is 35.7 Å². The van der Waals surface area contributed by atoms with Gasteiger partial charge in [-0.1, -0.05) is 24.2 Å². The molecular formula is C21H16ClN9. The van der Waals surface area contributed by atoms with Crippen molar-refractivity contribution in [1.82, 2.24) is 39.3 Å². The van der Waals surface area contributed by atoms with Gasteiger partial charge < -0.3 is 5.73 Å². The Morgan fingerprint density at radius 1 is 1.06 bits per heavy atom. The molecule has 5 rings (SSSR count). The average Bonchev–Trinajstić information content (AvgIpc) is 3.41. The molecule has 0 bridgehead atoms. The molecule has 0 unspecified atom stereocenters. The van der Waals surface area contributed by atoms with Gasteiger partial charge in [0.05, 0.1) is 21.6 Å². The van der Waals surface area contributed by atoms with Gasteiger partial charge >= 0.3 is 0 Å². The van der Waals surface area contributed by atoms with Crippen molar-refractivity contribution in [3.63, 3.8) is 0 Å². The number of pyridine rings is 1. The van der Waals surface area contributed by atoms with Crippen molar-refractivity contribution in [1.29, 1.82) is 0 Å². The second kappa shape index (κ2) is 7.29. The molecule has 0 aliphatic carbocycles. The monoisotopic (exact) mass is 429 g/mol. The van der Waals surface area contributed by atoms with Crippen LogP contribution < -0.4 is 5.73 Å². The number of allylic oxidation sites excluding steroid dienone is 1. The third-order valence-electron chi connectivity index (χ3n) is 4.75. The second-order valence-corrected chi connectivity index (χ2v) is 7.34. The molecule has 0 radical (unpaired) electrons. The van der Waals surface area contributed by atoms with E-state index < -0.39 is 0 Å². The minimum absolute atomic E-state index is 0.229. The Labute approximate surface area is 181 Å². The third kappa shape index (κ3) is 3.30. The molecule has 2 N–H and O–H groups in total. The highest BCUT2D eigenvalue weighted by atomic mass is 35.5. The number of nitrogens with two attached hydrogens (primary N) is 1. The topological polar surface area (TPSA) is 113 Å². The number of imidazole rings is 1.